The maximum absolute atomic E-state index is 12.7. The fourth-order valence-corrected chi connectivity index (χ4v) is 3.96. The molecule has 2 unspecified atom stereocenters. The molecule has 2 fully saturated rings. The lowest BCUT2D eigenvalue weighted by Gasteiger charge is -2.37. The molecule has 3 nitrogen and oxygen atoms in total. The Hall–Kier alpha value is -0.870. The number of hydrogen-bond donors (Lipinski definition) is 1. The molecule has 1 aromatic rings. The Balaban J connectivity index is 1.88. The minimum atomic E-state index is -0.229. The second-order valence-electron chi connectivity index (χ2n) is 5.68. The summed E-state index contributed by atoms with van der Waals surface area (Å²) in [4.78, 5) is 14.7. The number of hydrogen-bond acceptors (Lipinski definition) is 2. The number of rotatable bonds is 1. The molecule has 2 heterocycles. The largest absolute Gasteiger partial charge is 0.393 e. The van der Waals surface area contributed by atoms with Gasteiger partial charge in [-0.3, -0.25) is 4.79 Å². The summed E-state index contributed by atoms with van der Waals surface area (Å²) in [5.41, 5.74) is 1.79. The van der Waals surface area contributed by atoms with E-state index in [1.807, 2.05) is 30.0 Å². The van der Waals surface area contributed by atoms with Gasteiger partial charge in [0.25, 0.3) is 5.91 Å². The van der Waals surface area contributed by atoms with Crippen LogP contribution in [0.15, 0.2) is 22.7 Å². The highest BCUT2D eigenvalue weighted by Gasteiger charge is 2.43. The van der Waals surface area contributed by atoms with Crippen molar-refractivity contribution in [3.8, 4) is 0 Å². The number of piperidine rings is 1. The maximum atomic E-state index is 12.7. The molecule has 0 aromatic heterocycles. The van der Waals surface area contributed by atoms with E-state index < -0.39 is 0 Å². The maximum Gasteiger partial charge on any atom is 0.254 e. The quantitative estimate of drug-likeness (QED) is 0.863. The average Bonchev–Trinajstić information content (AvgIpc) is 2.61. The van der Waals surface area contributed by atoms with E-state index in [-0.39, 0.29) is 24.1 Å². The van der Waals surface area contributed by atoms with E-state index in [0.717, 1.165) is 41.3 Å². The van der Waals surface area contributed by atoms with Gasteiger partial charge < -0.3 is 10.0 Å². The molecule has 2 saturated heterocycles. The van der Waals surface area contributed by atoms with Crippen LogP contribution in [0.1, 0.15) is 41.6 Å². The summed E-state index contributed by atoms with van der Waals surface area (Å²) >= 11 is 3.43. The lowest BCUT2D eigenvalue weighted by Crippen LogP contribution is -2.48. The first-order valence-corrected chi connectivity index (χ1v) is 7.62. The second-order valence-corrected chi connectivity index (χ2v) is 6.60. The smallest absolute Gasteiger partial charge is 0.254 e. The minimum Gasteiger partial charge on any atom is -0.393 e. The summed E-state index contributed by atoms with van der Waals surface area (Å²) < 4.78 is 0.999. The Labute approximate surface area is 121 Å². The zero-order chi connectivity index (χ0) is 13.6. The molecular formula is C15H18BrNO2. The van der Waals surface area contributed by atoms with Crippen LogP contribution in [-0.2, 0) is 0 Å². The number of amides is 1. The topological polar surface area (TPSA) is 40.5 Å². The standard InChI is InChI=1S/C15H18BrNO2/c1-9-6-10(16)2-5-14(9)15(19)17-11-3-4-12(17)8-13(18)7-11/h2,5-6,11-13,18H,3-4,7-8H2,1H3. The highest BCUT2D eigenvalue weighted by molar-refractivity contribution is 9.10. The average molecular weight is 324 g/mol. The number of aliphatic hydroxyl groups excluding tert-OH is 1. The summed E-state index contributed by atoms with van der Waals surface area (Å²) in [6, 6.07) is 6.25. The number of halogens is 1. The number of fused-ring (bicyclic) bond motifs is 2. The Kier molecular flexibility index (Phi) is 3.39. The van der Waals surface area contributed by atoms with Crippen LogP contribution in [0.25, 0.3) is 0 Å². The molecule has 0 saturated carbocycles. The highest BCUT2D eigenvalue weighted by atomic mass is 79.9. The first-order chi connectivity index (χ1) is 9.06. The number of nitrogens with zero attached hydrogens (tertiary/aromatic N) is 1. The van der Waals surface area contributed by atoms with Crippen molar-refractivity contribution in [3.05, 3.63) is 33.8 Å². The summed E-state index contributed by atoms with van der Waals surface area (Å²) in [5, 5.41) is 9.81. The second kappa shape index (κ2) is 4.91. The molecule has 1 aromatic carbocycles. The van der Waals surface area contributed by atoms with Crippen LogP contribution in [0, 0.1) is 6.92 Å². The van der Waals surface area contributed by atoms with Crippen molar-refractivity contribution < 1.29 is 9.90 Å². The molecule has 4 heteroatoms. The van der Waals surface area contributed by atoms with Crippen LogP contribution >= 0.6 is 15.9 Å². The normalized spacial score (nSPS) is 29.6. The Morgan fingerprint density at radius 3 is 2.53 bits per heavy atom. The third-order valence-corrected chi connectivity index (χ3v) is 4.85. The predicted molar refractivity (Wildman–Crippen MR) is 77.1 cm³/mol. The minimum absolute atomic E-state index is 0.129. The number of carbonyl (C=O) groups is 1. The van der Waals surface area contributed by atoms with Gasteiger partial charge in [0, 0.05) is 22.1 Å². The molecular weight excluding hydrogens is 306 g/mol. The summed E-state index contributed by atoms with van der Waals surface area (Å²) in [7, 11) is 0. The first-order valence-electron chi connectivity index (χ1n) is 6.83. The van der Waals surface area contributed by atoms with Crippen LogP contribution in [-0.4, -0.2) is 34.1 Å². The van der Waals surface area contributed by atoms with Gasteiger partial charge in [0.05, 0.1) is 6.10 Å². The van der Waals surface area contributed by atoms with E-state index in [1.54, 1.807) is 0 Å². The molecule has 2 atom stereocenters. The molecule has 1 N–H and O–H groups in total. The summed E-state index contributed by atoms with van der Waals surface area (Å²) in [6.07, 6.45) is 3.30. The zero-order valence-corrected chi connectivity index (χ0v) is 12.6. The zero-order valence-electron chi connectivity index (χ0n) is 11.0. The molecule has 2 bridgehead atoms. The molecule has 3 rings (SSSR count). The van der Waals surface area contributed by atoms with Crippen molar-refractivity contribution in [2.24, 2.45) is 0 Å². The van der Waals surface area contributed by atoms with Gasteiger partial charge in [-0.1, -0.05) is 15.9 Å². The molecule has 1 amide bonds. The number of aliphatic hydroxyl groups is 1. The van der Waals surface area contributed by atoms with E-state index in [2.05, 4.69) is 15.9 Å². The lowest BCUT2D eigenvalue weighted by molar-refractivity contribution is 0.0286. The van der Waals surface area contributed by atoms with Gasteiger partial charge in [-0.05, 0) is 56.4 Å². The van der Waals surface area contributed by atoms with Crippen molar-refractivity contribution in [2.75, 3.05) is 0 Å². The van der Waals surface area contributed by atoms with Crippen molar-refractivity contribution in [2.45, 2.75) is 50.8 Å². The van der Waals surface area contributed by atoms with Crippen LogP contribution in [0.4, 0.5) is 0 Å². The highest BCUT2D eigenvalue weighted by Crippen LogP contribution is 2.37. The van der Waals surface area contributed by atoms with Crippen LogP contribution in [0.5, 0.6) is 0 Å². The van der Waals surface area contributed by atoms with Crippen molar-refractivity contribution in [1.82, 2.24) is 4.90 Å². The van der Waals surface area contributed by atoms with Crippen molar-refractivity contribution in [1.29, 1.82) is 0 Å². The van der Waals surface area contributed by atoms with Gasteiger partial charge in [0.2, 0.25) is 0 Å². The Morgan fingerprint density at radius 1 is 1.32 bits per heavy atom. The number of aryl methyl sites for hydroxylation is 1. The third kappa shape index (κ3) is 2.32. The van der Waals surface area contributed by atoms with Crippen molar-refractivity contribution in [3.63, 3.8) is 0 Å². The van der Waals surface area contributed by atoms with E-state index in [0.29, 0.717) is 0 Å². The Morgan fingerprint density at radius 2 is 1.95 bits per heavy atom. The number of benzene rings is 1. The molecule has 102 valence electrons. The van der Waals surface area contributed by atoms with Gasteiger partial charge in [-0.2, -0.15) is 0 Å². The van der Waals surface area contributed by atoms with Crippen molar-refractivity contribution >= 4 is 21.8 Å². The monoisotopic (exact) mass is 323 g/mol. The van der Waals surface area contributed by atoms with E-state index in [1.165, 1.54) is 0 Å². The van der Waals surface area contributed by atoms with Crippen LogP contribution in [0.3, 0.4) is 0 Å². The van der Waals surface area contributed by atoms with Crippen LogP contribution < -0.4 is 0 Å². The molecule has 2 aliphatic heterocycles. The third-order valence-electron chi connectivity index (χ3n) is 4.36. The number of carbonyl (C=O) groups excluding carboxylic acids is 1. The Bertz CT molecular complexity index is 503. The molecule has 0 spiro atoms. The fourth-order valence-electron chi connectivity index (χ4n) is 3.49. The van der Waals surface area contributed by atoms with E-state index in [9.17, 15) is 9.90 Å². The van der Waals surface area contributed by atoms with Gasteiger partial charge in [-0.25, -0.2) is 0 Å². The molecule has 19 heavy (non-hydrogen) atoms. The predicted octanol–water partition coefficient (Wildman–Crippen LogP) is 2.89. The molecule has 0 aliphatic carbocycles. The first kappa shape index (κ1) is 13.1. The lowest BCUT2D eigenvalue weighted by atomic mass is 9.98. The summed E-state index contributed by atoms with van der Waals surface area (Å²) in [5.74, 6) is 0.129. The molecule has 2 aliphatic rings. The van der Waals surface area contributed by atoms with Gasteiger partial charge in [0.1, 0.15) is 0 Å². The van der Waals surface area contributed by atoms with Crippen LogP contribution in [0.2, 0.25) is 0 Å². The van der Waals surface area contributed by atoms with Gasteiger partial charge in [-0.15, -0.1) is 0 Å². The molecule has 0 radical (unpaired) electrons. The van der Waals surface area contributed by atoms with E-state index in [4.69, 9.17) is 0 Å². The fraction of sp³-hybridized carbons (Fsp3) is 0.533. The van der Waals surface area contributed by atoms with Gasteiger partial charge in [0.15, 0.2) is 0 Å². The van der Waals surface area contributed by atoms with E-state index >= 15 is 0 Å². The SMILES string of the molecule is Cc1cc(Br)ccc1C(=O)N1C2CCC1CC(O)C2. The van der Waals surface area contributed by atoms with Gasteiger partial charge >= 0.3 is 0 Å². The summed E-state index contributed by atoms with van der Waals surface area (Å²) in [6.45, 7) is 1.97.